The minimum Gasteiger partial charge on any atom is -0.354 e. The highest BCUT2D eigenvalue weighted by atomic mass is 32.2. The lowest BCUT2D eigenvalue weighted by molar-refractivity contribution is -0.139. The molecule has 7 nitrogen and oxygen atoms in total. The first kappa shape index (κ1) is 29.9. The van der Waals surface area contributed by atoms with Crippen molar-refractivity contribution in [1.82, 2.24) is 10.2 Å². The molecule has 3 aromatic rings. The molecule has 0 bridgehead atoms. The highest BCUT2D eigenvalue weighted by molar-refractivity contribution is 7.92. The Morgan fingerprint density at radius 3 is 2.18 bits per heavy atom. The van der Waals surface area contributed by atoms with Crippen molar-refractivity contribution < 1.29 is 18.0 Å². The number of benzene rings is 3. The Labute approximate surface area is 232 Å². The van der Waals surface area contributed by atoms with E-state index in [0.29, 0.717) is 12.2 Å². The predicted molar refractivity (Wildman–Crippen MR) is 156 cm³/mol. The summed E-state index contributed by atoms with van der Waals surface area (Å²) in [6.07, 6.45) is 1.77. The molecule has 0 radical (unpaired) electrons. The fraction of sp³-hybridized carbons (Fsp3) is 0.355. The molecule has 208 valence electrons. The van der Waals surface area contributed by atoms with Gasteiger partial charge >= 0.3 is 0 Å². The first-order chi connectivity index (χ1) is 18.5. The van der Waals surface area contributed by atoms with Crippen molar-refractivity contribution in [2.45, 2.75) is 64.9 Å². The Balaban J connectivity index is 2.00. The zero-order chi connectivity index (χ0) is 28.6. The van der Waals surface area contributed by atoms with E-state index in [0.717, 1.165) is 39.4 Å². The molecule has 0 spiro atoms. The number of unbranched alkanes of at least 4 members (excludes halogenated alkanes) is 1. The van der Waals surface area contributed by atoms with Gasteiger partial charge in [-0.25, -0.2) is 8.42 Å². The van der Waals surface area contributed by atoms with E-state index in [9.17, 15) is 18.0 Å². The van der Waals surface area contributed by atoms with Crippen LogP contribution in [0.1, 0.15) is 48.9 Å². The van der Waals surface area contributed by atoms with Crippen molar-refractivity contribution in [3.05, 3.63) is 95.1 Å². The molecular weight excluding hydrogens is 510 g/mol. The maximum atomic E-state index is 13.9. The van der Waals surface area contributed by atoms with Crippen LogP contribution < -0.4 is 9.62 Å². The van der Waals surface area contributed by atoms with Crippen LogP contribution in [0.15, 0.2) is 77.7 Å². The lowest BCUT2D eigenvalue weighted by atomic mass is 10.1. The van der Waals surface area contributed by atoms with E-state index in [2.05, 4.69) is 5.32 Å². The molecule has 8 heteroatoms. The van der Waals surface area contributed by atoms with Crippen molar-refractivity contribution in [2.24, 2.45) is 0 Å². The van der Waals surface area contributed by atoms with E-state index in [4.69, 9.17) is 0 Å². The number of sulfonamides is 1. The van der Waals surface area contributed by atoms with Crippen LogP contribution in [0.25, 0.3) is 0 Å². The van der Waals surface area contributed by atoms with Gasteiger partial charge < -0.3 is 10.2 Å². The minimum absolute atomic E-state index is 0.0893. The van der Waals surface area contributed by atoms with Gasteiger partial charge in [0.2, 0.25) is 11.8 Å². The lowest BCUT2D eigenvalue weighted by Crippen LogP contribution is -2.51. The van der Waals surface area contributed by atoms with Gasteiger partial charge in [0.05, 0.1) is 10.6 Å². The molecule has 0 fully saturated rings. The van der Waals surface area contributed by atoms with Gasteiger partial charge in [-0.3, -0.25) is 13.9 Å². The standard InChI is InChI=1S/C31H39N3O4S/c1-6-7-19-32-31(36)26(5)33(21-27-16-13-23(2)14-17-27)30(35)22-34(28-18-15-24(3)25(4)20-28)39(37,38)29-11-9-8-10-12-29/h8-18,20,26H,6-7,19,21-22H2,1-5H3,(H,32,36)/t26-/m0/s1. The molecule has 0 saturated carbocycles. The van der Waals surface area contributed by atoms with Crippen LogP contribution in [0, 0.1) is 20.8 Å². The van der Waals surface area contributed by atoms with Crippen LogP contribution in [0.3, 0.4) is 0 Å². The fourth-order valence-electron chi connectivity index (χ4n) is 4.14. The van der Waals surface area contributed by atoms with E-state index in [1.165, 1.54) is 17.0 Å². The third-order valence-corrected chi connectivity index (χ3v) is 8.65. The SMILES string of the molecule is CCCCNC(=O)[C@H](C)N(Cc1ccc(C)cc1)C(=O)CN(c1ccc(C)c(C)c1)S(=O)(=O)c1ccccc1. The zero-order valence-electron chi connectivity index (χ0n) is 23.5. The molecule has 2 amide bonds. The van der Waals surface area contributed by atoms with Gasteiger partial charge in [0.15, 0.2) is 0 Å². The normalized spacial score (nSPS) is 12.0. The summed E-state index contributed by atoms with van der Waals surface area (Å²) in [5, 5.41) is 2.90. The van der Waals surface area contributed by atoms with Crippen LogP contribution in [0.4, 0.5) is 5.69 Å². The van der Waals surface area contributed by atoms with Crippen LogP contribution in [0.5, 0.6) is 0 Å². The van der Waals surface area contributed by atoms with Crippen molar-refractivity contribution in [3.63, 3.8) is 0 Å². The molecule has 1 atom stereocenters. The Kier molecular flexibility index (Phi) is 10.3. The summed E-state index contributed by atoms with van der Waals surface area (Å²) in [6.45, 7) is 9.79. The summed E-state index contributed by atoms with van der Waals surface area (Å²) in [5.74, 6) is -0.737. The molecular formula is C31H39N3O4S. The summed E-state index contributed by atoms with van der Waals surface area (Å²) in [5.41, 5.74) is 4.25. The number of hydrogen-bond acceptors (Lipinski definition) is 4. The van der Waals surface area contributed by atoms with Crippen LogP contribution in [-0.4, -0.2) is 44.3 Å². The van der Waals surface area contributed by atoms with E-state index < -0.39 is 28.5 Å². The Hall–Kier alpha value is -3.65. The van der Waals surface area contributed by atoms with Crippen molar-refractivity contribution in [3.8, 4) is 0 Å². The monoisotopic (exact) mass is 549 g/mol. The van der Waals surface area contributed by atoms with Gasteiger partial charge in [-0.2, -0.15) is 0 Å². The summed E-state index contributed by atoms with van der Waals surface area (Å²) < 4.78 is 28.8. The number of nitrogens with one attached hydrogen (secondary N) is 1. The van der Waals surface area contributed by atoms with Crippen molar-refractivity contribution >= 4 is 27.5 Å². The number of carbonyl (C=O) groups is 2. The Bertz CT molecular complexity index is 1370. The molecule has 3 rings (SSSR count). The maximum absolute atomic E-state index is 13.9. The van der Waals surface area contributed by atoms with E-state index >= 15 is 0 Å². The first-order valence-corrected chi connectivity index (χ1v) is 14.8. The summed E-state index contributed by atoms with van der Waals surface area (Å²) in [7, 11) is -4.07. The number of rotatable bonds is 12. The summed E-state index contributed by atoms with van der Waals surface area (Å²) in [4.78, 5) is 28.5. The Morgan fingerprint density at radius 2 is 1.56 bits per heavy atom. The predicted octanol–water partition coefficient (Wildman–Crippen LogP) is 5.14. The van der Waals surface area contributed by atoms with Gasteiger partial charge in [0, 0.05) is 13.1 Å². The third kappa shape index (κ3) is 7.69. The smallest absolute Gasteiger partial charge is 0.264 e. The van der Waals surface area contributed by atoms with Crippen molar-refractivity contribution in [1.29, 1.82) is 0 Å². The molecule has 0 aliphatic carbocycles. The zero-order valence-corrected chi connectivity index (χ0v) is 24.3. The fourth-order valence-corrected chi connectivity index (χ4v) is 5.57. The second kappa shape index (κ2) is 13.4. The summed E-state index contributed by atoms with van der Waals surface area (Å²) in [6, 6.07) is 20.3. The van der Waals surface area contributed by atoms with Crippen molar-refractivity contribution in [2.75, 3.05) is 17.4 Å². The highest BCUT2D eigenvalue weighted by Crippen LogP contribution is 2.26. The highest BCUT2D eigenvalue weighted by Gasteiger charge is 2.32. The molecule has 3 aromatic carbocycles. The number of amides is 2. The van der Waals surface area contributed by atoms with E-state index in [-0.39, 0.29) is 17.3 Å². The van der Waals surface area contributed by atoms with E-state index in [1.54, 1.807) is 37.3 Å². The lowest BCUT2D eigenvalue weighted by Gasteiger charge is -2.32. The number of hydrogen-bond donors (Lipinski definition) is 1. The van der Waals surface area contributed by atoms with Gasteiger partial charge in [-0.05, 0) is 75.1 Å². The molecule has 1 N–H and O–H groups in total. The second-order valence-electron chi connectivity index (χ2n) is 9.92. The van der Waals surface area contributed by atoms with Crippen LogP contribution in [0.2, 0.25) is 0 Å². The van der Waals surface area contributed by atoms with Gasteiger partial charge in [0.1, 0.15) is 12.6 Å². The molecule has 0 aliphatic heterocycles. The molecule has 0 aromatic heterocycles. The number of anilines is 1. The molecule has 0 saturated heterocycles. The Morgan fingerprint density at radius 1 is 0.897 bits per heavy atom. The maximum Gasteiger partial charge on any atom is 0.264 e. The number of nitrogens with zero attached hydrogens (tertiary/aromatic N) is 2. The third-order valence-electron chi connectivity index (χ3n) is 6.86. The van der Waals surface area contributed by atoms with Gasteiger partial charge in [0.25, 0.3) is 10.0 Å². The molecule has 0 unspecified atom stereocenters. The quantitative estimate of drug-likeness (QED) is 0.317. The van der Waals surface area contributed by atoms with E-state index in [1.807, 2.05) is 58.0 Å². The van der Waals surface area contributed by atoms with Crippen LogP contribution in [-0.2, 0) is 26.2 Å². The molecule has 39 heavy (non-hydrogen) atoms. The molecule has 0 heterocycles. The largest absolute Gasteiger partial charge is 0.354 e. The van der Waals surface area contributed by atoms with Gasteiger partial charge in [-0.15, -0.1) is 0 Å². The topological polar surface area (TPSA) is 86.8 Å². The van der Waals surface area contributed by atoms with Gasteiger partial charge in [-0.1, -0.05) is 67.4 Å². The van der Waals surface area contributed by atoms with Crippen LogP contribution >= 0.6 is 0 Å². The number of aryl methyl sites for hydroxylation is 3. The first-order valence-electron chi connectivity index (χ1n) is 13.3. The second-order valence-corrected chi connectivity index (χ2v) is 11.8. The average Bonchev–Trinajstić information content (AvgIpc) is 2.93. The minimum atomic E-state index is -4.07. The summed E-state index contributed by atoms with van der Waals surface area (Å²) >= 11 is 0. The molecule has 0 aliphatic rings. The average molecular weight is 550 g/mol. The number of carbonyl (C=O) groups excluding carboxylic acids is 2.